The van der Waals surface area contributed by atoms with E-state index in [-0.39, 0.29) is 29.0 Å². The third kappa shape index (κ3) is 8.82. The number of halogens is 1. The Balaban J connectivity index is 1.94. The summed E-state index contributed by atoms with van der Waals surface area (Å²) in [6.45, 7) is 11.7. The van der Waals surface area contributed by atoms with Crippen molar-refractivity contribution in [1.29, 1.82) is 0 Å². The van der Waals surface area contributed by atoms with Crippen LogP contribution in [0, 0.1) is 5.41 Å². The number of rotatable bonds is 8. The fourth-order valence-electron chi connectivity index (χ4n) is 3.30. The highest BCUT2D eigenvalue weighted by atomic mass is 35.5. The van der Waals surface area contributed by atoms with E-state index >= 15 is 0 Å². The first-order valence-corrected chi connectivity index (χ1v) is 11.9. The van der Waals surface area contributed by atoms with Crippen molar-refractivity contribution in [1.82, 2.24) is 25.1 Å². The second-order valence-electron chi connectivity index (χ2n) is 9.39. The summed E-state index contributed by atoms with van der Waals surface area (Å²) in [7, 11) is 3.92. The van der Waals surface area contributed by atoms with Gasteiger partial charge in [0.15, 0.2) is 5.16 Å². The average molecular weight is 471 g/mol. The molecule has 1 aromatic heterocycles. The number of likely N-dealkylation sites (N-methyl/N-ethyl adjacent to an activating group) is 1. The summed E-state index contributed by atoms with van der Waals surface area (Å²) in [6, 6.07) is 1.82. The molecule has 0 aromatic carbocycles. The van der Waals surface area contributed by atoms with Gasteiger partial charge in [-0.15, -0.1) is 0 Å². The molecule has 31 heavy (non-hydrogen) atoms. The Labute approximate surface area is 195 Å². The predicted octanol–water partition coefficient (Wildman–Crippen LogP) is 2.37. The second-order valence-corrected chi connectivity index (χ2v) is 10.7. The summed E-state index contributed by atoms with van der Waals surface area (Å²) in [6.07, 6.45) is 0.536. The molecule has 1 aliphatic heterocycles. The standard InChI is InChI=1S/C21H35ClN6O2S/c1-15-13-27(9-10-28(15)19(30)12-21(2,3)4)17-11-16(22)24-20(25-17)31-14-18(29)23-7-8-26(5)6/h11,15H,7-10,12-14H2,1-6H3,(H,23,29). The van der Waals surface area contributed by atoms with E-state index in [2.05, 4.69) is 47.9 Å². The van der Waals surface area contributed by atoms with Crippen LogP contribution in [0.2, 0.25) is 5.15 Å². The minimum Gasteiger partial charge on any atom is -0.354 e. The van der Waals surface area contributed by atoms with Crippen LogP contribution >= 0.6 is 23.4 Å². The van der Waals surface area contributed by atoms with Gasteiger partial charge < -0.3 is 20.0 Å². The number of anilines is 1. The Bertz CT molecular complexity index is 771. The molecule has 1 aromatic rings. The minimum atomic E-state index is -0.0587. The Kier molecular flexibility index (Phi) is 9.39. The van der Waals surface area contributed by atoms with E-state index in [0.717, 1.165) is 12.4 Å². The van der Waals surface area contributed by atoms with E-state index in [9.17, 15) is 9.59 Å². The molecule has 1 fully saturated rings. The monoisotopic (exact) mass is 470 g/mol. The van der Waals surface area contributed by atoms with Crippen molar-refractivity contribution in [2.45, 2.75) is 45.3 Å². The third-order valence-corrected chi connectivity index (χ3v) is 5.87. The van der Waals surface area contributed by atoms with Crippen LogP contribution in [0.1, 0.15) is 34.1 Å². The molecule has 0 bridgehead atoms. The molecule has 0 radical (unpaired) electrons. The summed E-state index contributed by atoms with van der Waals surface area (Å²) in [5.41, 5.74) is -0.0288. The molecule has 2 heterocycles. The van der Waals surface area contributed by atoms with Crippen LogP contribution in [-0.2, 0) is 9.59 Å². The zero-order valence-electron chi connectivity index (χ0n) is 19.4. The highest BCUT2D eigenvalue weighted by molar-refractivity contribution is 7.99. The third-order valence-electron chi connectivity index (χ3n) is 4.83. The number of carbonyl (C=O) groups is 2. The van der Waals surface area contributed by atoms with Crippen LogP contribution in [0.3, 0.4) is 0 Å². The summed E-state index contributed by atoms with van der Waals surface area (Å²) < 4.78 is 0. The van der Waals surface area contributed by atoms with E-state index in [1.165, 1.54) is 11.8 Å². The first-order valence-electron chi connectivity index (χ1n) is 10.6. The maximum Gasteiger partial charge on any atom is 0.230 e. The Morgan fingerprint density at radius 2 is 2.00 bits per heavy atom. The van der Waals surface area contributed by atoms with Crippen molar-refractivity contribution in [2.24, 2.45) is 5.41 Å². The topological polar surface area (TPSA) is 81.7 Å². The Hall–Kier alpha value is -1.58. The number of hydrogen-bond acceptors (Lipinski definition) is 7. The molecular formula is C21H35ClN6O2S. The van der Waals surface area contributed by atoms with Gasteiger partial charge in [-0.2, -0.15) is 0 Å². The fourth-order valence-corrected chi connectivity index (χ4v) is 4.21. The first kappa shape index (κ1) is 25.7. The minimum absolute atomic E-state index is 0.0288. The molecule has 1 atom stereocenters. The number of thioether (sulfide) groups is 1. The highest BCUT2D eigenvalue weighted by Crippen LogP contribution is 2.26. The average Bonchev–Trinajstić information content (AvgIpc) is 2.64. The van der Waals surface area contributed by atoms with Gasteiger partial charge in [-0.1, -0.05) is 44.1 Å². The maximum absolute atomic E-state index is 12.7. The number of hydrogen-bond donors (Lipinski definition) is 1. The number of carbonyl (C=O) groups excluding carboxylic acids is 2. The fraction of sp³-hybridized carbons (Fsp3) is 0.714. The highest BCUT2D eigenvalue weighted by Gasteiger charge is 2.30. The lowest BCUT2D eigenvalue weighted by molar-refractivity contribution is -0.135. The number of amides is 2. The van der Waals surface area contributed by atoms with Crippen LogP contribution in [0.5, 0.6) is 0 Å². The normalized spacial score (nSPS) is 17.2. The Morgan fingerprint density at radius 3 is 2.61 bits per heavy atom. The number of piperazine rings is 1. The molecule has 1 N–H and O–H groups in total. The second kappa shape index (κ2) is 11.3. The van der Waals surface area contributed by atoms with Crippen molar-refractivity contribution in [3.8, 4) is 0 Å². The van der Waals surface area contributed by atoms with Crippen LogP contribution in [0.25, 0.3) is 0 Å². The van der Waals surface area contributed by atoms with E-state index < -0.39 is 0 Å². The molecule has 10 heteroatoms. The van der Waals surface area contributed by atoms with Crippen molar-refractivity contribution in [3.05, 3.63) is 11.2 Å². The smallest absolute Gasteiger partial charge is 0.230 e. The summed E-state index contributed by atoms with van der Waals surface area (Å²) in [4.78, 5) is 39.6. The summed E-state index contributed by atoms with van der Waals surface area (Å²) >= 11 is 7.50. The largest absolute Gasteiger partial charge is 0.354 e. The molecule has 0 spiro atoms. The van der Waals surface area contributed by atoms with Crippen molar-refractivity contribution < 1.29 is 9.59 Å². The van der Waals surface area contributed by atoms with Gasteiger partial charge in [0, 0.05) is 51.3 Å². The zero-order valence-corrected chi connectivity index (χ0v) is 21.0. The number of nitrogens with one attached hydrogen (secondary N) is 1. The molecule has 1 saturated heterocycles. The Morgan fingerprint density at radius 1 is 1.29 bits per heavy atom. The van der Waals surface area contributed by atoms with Gasteiger partial charge in [-0.05, 0) is 26.4 Å². The molecule has 1 unspecified atom stereocenters. The van der Waals surface area contributed by atoms with Gasteiger partial charge in [0.05, 0.1) is 5.75 Å². The van der Waals surface area contributed by atoms with Gasteiger partial charge >= 0.3 is 0 Å². The predicted molar refractivity (Wildman–Crippen MR) is 127 cm³/mol. The maximum atomic E-state index is 12.7. The molecule has 2 rings (SSSR count). The lowest BCUT2D eigenvalue weighted by Crippen LogP contribution is -2.54. The summed E-state index contributed by atoms with van der Waals surface area (Å²) in [5, 5.41) is 3.70. The molecular weight excluding hydrogens is 436 g/mol. The molecule has 8 nitrogen and oxygen atoms in total. The molecule has 1 aliphatic rings. The van der Waals surface area contributed by atoms with Crippen LogP contribution in [0.4, 0.5) is 5.82 Å². The number of aromatic nitrogens is 2. The van der Waals surface area contributed by atoms with Crippen molar-refractivity contribution in [3.63, 3.8) is 0 Å². The quantitative estimate of drug-likeness (QED) is 0.355. The van der Waals surface area contributed by atoms with Gasteiger partial charge in [0.2, 0.25) is 11.8 Å². The number of nitrogens with zero attached hydrogens (tertiary/aromatic N) is 5. The van der Waals surface area contributed by atoms with Crippen molar-refractivity contribution in [2.75, 3.05) is 57.5 Å². The van der Waals surface area contributed by atoms with E-state index in [4.69, 9.17) is 11.6 Å². The van der Waals surface area contributed by atoms with Crippen LogP contribution in [0.15, 0.2) is 11.2 Å². The SMILES string of the molecule is CC1CN(c2cc(Cl)nc(SCC(=O)NCCN(C)C)n2)CCN1C(=O)CC(C)(C)C. The molecule has 0 saturated carbocycles. The summed E-state index contributed by atoms with van der Waals surface area (Å²) in [5.74, 6) is 1.09. The molecule has 2 amide bonds. The first-order chi connectivity index (χ1) is 14.4. The van der Waals surface area contributed by atoms with Gasteiger partial charge in [-0.25, -0.2) is 9.97 Å². The molecule has 174 valence electrons. The van der Waals surface area contributed by atoms with Crippen molar-refractivity contribution >= 4 is 41.0 Å². The van der Waals surface area contributed by atoms with Gasteiger partial charge in [0.25, 0.3) is 0 Å². The van der Waals surface area contributed by atoms with Gasteiger partial charge in [-0.3, -0.25) is 9.59 Å². The lowest BCUT2D eigenvalue weighted by Gasteiger charge is -2.41. The van der Waals surface area contributed by atoms with E-state index in [1.54, 1.807) is 6.07 Å². The van der Waals surface area contributed by atoms with E-state index in [1.807, 2.05) is 23.9 Å². The zero-order chi connectivity index (χ0) is 23.2. The molecule has 0 aliphatic carbocycles. The van der Waals surface area contributed by atoms with E-state index in [0.29, 0.717) is 42.9 Å². The van der Waals surface area contributed by atoms with Gasteiger partial charge in [0.1, 0.15) is 11.0 Å². The van der Waals surface area contributed by atoms with Crippen LogP contribution < -0.4 is 10.2 Å². The lowest BCUT2D eigenvalue weighted by atomic mass is 9.91. The van der Waals surface area contributed by atoms with Crippen LogP contribution in [-0.4, -0.2) is 90.2 Å².